The van der Waals surface area contributed by atoms with E-state index < -0.39 is 14.8 Å². The number of hydrogen-bond acceptors (Lipinski definition) is 4. The summed E-state index contributed by atoms with van der Waals surface area (Å²) in [5, 5.41) is 10.2. The van der Waals surface area contributed by atoms with E-state index in [9.17, 15) is 18.5 Å². The van der Waals surface area contributed by atoms with Crippen molar-refractivity contribution >= 4 is 15.5 Å². The number of benzene rings is 1. The molecule has 1 fully saturated rings. The Morgan fingerprint density at radius 2 is 2.12 bits per heavy atom. The average molecular weight is 241 g/mol. The zero-order chi connectivity index (χ0) is 11.9. The zero-order valence-electron chi connectivity index (χ0n) is 8.66. The number of nitro benzene ring substituents is 1. The highest BCUT2D eigenvalue weighted by molar-refractivity contribution is 7.91. The maximum absolute atomic E-state index is 11.3. The van der Waals surface area contributed by atoms with Crippen LogP contribution in [0.4, 0.5) is 5.69 Å². The van der Waals surface area contributed by atoms with E-state index in [0.717, 1.165) is 5.56 Å². The minimum Gasteiger partial charge on any atom is -0.258 e. The van der Waals surface area contributed by atoms with Gasteiger partial charge in [0.25, 0.3) is 5.69 Å². The molecule has 5 nitrogen and oxygen atoms in total. The minimum atomic E-state index is -3.03. The molecule has 6 heteroatoms. The first-order valence-corrected chi connectivity index (χ1v) is 6.78. The van der Waals surface area contributed by atoms with Gasteiger partial charge in [-0.2, -0.15) is 0 Å². The van der Waals surface area contributed by atoms with Crippen molar-refractivity contribution in [1.29, 1.82) is 0 Å². The topological polar surface area (TPSA) is 77.3 Å². The molecule has 0 amide bonds. The van der Waals surface area contributed by atoms with Crippen molar-refractivity contribution in [2.24, 2.45) is 0 Å². The SMILES string of the molecule is CS(=O)(=O)[C@H]1C[C@@H]1c1cccc([N+](=O)[O-])c1. The Hall–Kier alpha value is -1.43. The highest BCUT2D eigenvalue weighted by Crippen LogP contribution is 2.46. The number of nitro groups is 1. The van der Waals surface area contributed by atoms with E-state index in [2.05, 4.69) is 0 Å². The monoisotopic (exact) mass is 241 g/mol. The quantitative estimate of drug-likeness (QED) is 0.593. The third-order valence-corrected chi connectivity index (χ3v) is 4.41. The van der Waals surface area contributed by atoms with Crippen molar-refractivity contribution in [1.82, 2.24) is 0 Å². The summed E-state index contributed by atoms with van der Waals surface area (Å²) in [6.45, 7) is 0. The number of rotatable bonds is 3. The molecule has 0 radical (unpaired) electrons. The van der Waals surface area contributed by atoms with Gasteiger partial charge in [-0.1, -0.05) is 12.1 Å². The smallest absolute Gasteiger partial charge is 0.258 e. The number of sulfone groups is 1. The molecule has 16 heavy (non-hydrogen) atoms. The minimum absolute atomic E-state index is 0.0108. The van der Waals surface area contributed by atoms with E-state index in [1.807, 2.05) is 0 Å². The van der Waals surface area contributed by atoms with E-state index in [1.165, 1.54) is 18.4 Å². The molecule has 0 unspecified atom stereocenters. The molecule has 1 aromatic carbocycles. The molecular formula is C10H11NO4S. The van der Waals surface area contributed by atoms with Crippen molar-refractivity contribution in [2.45, 2.75) is 17.6 Å². The highest BCUT2D eigenvalue weighted by Gasteiger charge is 2.46. The maximum atomic E-state index is 11.3. The molecule has 0 aliphatic heterocycles. The molecule has 2 rings (SSSR count). The van der Waals surface area contributed by atoms with Gasteiger partial charge < -0.3 is 0 Å². The van der Waals surface area contributed by atoms with Crippen LogP contribution in [0.15, 0.2) is 24.3 Å². The Kier molecular flexibility index (Phi) is 2.46. The van der Waals surface area contributed by atoms with Gasteiger partial charge in [0, 0.05) is 24.3 Å². The summed E-state index contributed by atoms with van der Waals surface area (Å²) in [4.78, 5) is 10.1. The third kappa shape index (κ3) is 2.06. The van der Waals surface area contributed by atoms with Crippen molar-refractivity contribution < 1.29 is 13.3 Å². The zero-order valence-corrected chi connectivity index (χ0v) is 9.48. The van der Waals surface area contributed by atoms with Crippen LogP contribution in [0.25, 0.3) is 0 Å². The molecule has 0 spiro atoms. The second-order valence-electron chi connectivity index (χ2n) is 4.06. The van der Waals surface area contributed by atoms with Gasteiger partial charge >= 0.3 is 0 Å². The fraction of sp³-hybridized carbons (Fsp3) is 0.400. The van der Waals surface area contributed by atoms with Crippen LogP contribution in [-0.2, 0) is 9.84 Å². The Morgan fingerprint density at radius 3 is 2.62 bits per heavy atom. The van der Waals surface area contributed by atoms with E-state index in [0.29, 0.717) is 6.42 Å². The van der Waals surface area contributed by atoms with Crippen molar-refractivity contribution in [2.75, 3.05) is 6.26 Å². The van der Waals surface area contributed by atoms with Crippen LogP contribution in [0.2, 0.25) is 0 Å². The molecule has 0 saturated heterocycles. The van der Waals surface area contributed by atoms with Gasteiger partial charge in [-0.15, -0.1) is 0 Å². The molecule has 1 aliphatic carbocycles. The van der Waals surface area contributed by atoms with E-state index in [-0.39, 0.29) is 16.9 Å². The van der Waals surface area contributed by atoms with Crippen molar-refractivity contribution in [3.63, 3.8) is 0 Å². The van der Waals surface area contributed by atoms with Gasteiger partial charge in [0.15, 0.2) is 9.84 Å². The first-order valence-electron chi connectivity index (χ1n) is 4.83. The third-order valence-electron chi connectivity index (χ3n) is 2.79. The largest absolute Gasteiger partial charge is 0.269 e. The van der Waals surface area contributed by atoms with Gasteiger partial charge in [0.1, 0.15) is 0 Å². The number of non-ortho nitro benzene ring substituents is 1. The van der Waals surface area contributed by atoms with Crippen LogP contribution >= 0.6 is 0 Å². The van der Waals surface area contributed by atoms with Gasteiger partial charge in [0.2, 0.25) is 0 Å². The fourth-order valence-electron chi connectivity index (χ4n) is 1.86. The Labute approximate surface area is 93.2 Å². The lowest BCUT2D eigenvalue weighted by Gasteiger charge is -1.99. The molecule has 2 atom stereocenters. The van der Waals surface area contributed by atoms with Crippen LogP contribution in [0.3, 0.4) is 0 Å². The molecule has 0 aromatic heterocycles. The average Bonchev–Trinajstić information content (AvgIpc) is 2.96. The number of hydrogen-bond donors (Lipinski definition) is 0. The second kappa shape index (κ2) is 3.55. The van der Waals surface area contributed by atoms with E-state index >= 15 is 0 Å². The van der Waals surface area contributed by atoms with Crippen LogP contribution in [0, 0.1) is 10.1 Å². The van der Waals surface area contributed by atoms with Crippen molar-refractivity contribution in [3.8, 4) is 0 Å². The molecule has 1 saturated carbocycles. The van der Waals surface area contributed by atoms with Gasteiger partial charge in [-0.25, -0.2) is 8.42 Å². The first-order chi connectivity index (χ1) is 7.39. The Morgan fingerprint density at radius 1 is 1.44 bits per heavy atom. The summed E-state index contributed by atoms with van der Waals surface area (Å²) in [6.07, 6.45) is 1.77. The molecule has 1 aliphatic rings. The van der Waals surface area contributed by atoms with Gasteiger partial charge in [-0.3, -0.25) is 10.1 Å². The summed E-state index contributed by atoms with van der Waals surface area (Å²) in [7, 11) is -3.03. The van der Waals surface area contributed by atoms with E-state index in [4.69, 9.17) is 0 Å². The molecule has 86 valence electrons. The lowest BCUT2D eigenvalue weighted by Crippen LogP contribution is -2.05. The second-order valence-corrected chi connectivity index (χ2v) is 6.33. The maximum Gasteiger partial charge on any atom is 0.269 e. The lowest BCUT2D eigenvalue weighted by molar-refractivity contribution is -0.384. The Balaban J connectivity index is 2.25. The summed E-state index contributed by atoms with van der Waals surface area (Å²) in [5.74, 6) is -0.0742. The Bertz CT molecular complexity index is 538. The normalized spacial score (nSPS) is 24.1. The fourth-order valence-corrected chi connectivity index (χ4v) is 3.18. The van der Waals surface area contributed by atoms with Crippen molar-refractivity contribution in [3.05, 3.63) is 39.9 Å². The summed E-state index contributed by atoms with van der Waals surface area (Å²) < 4.78 is 22.5. The predicted molar refractivity (Wildman–Crippen MR) is 59.1 cm³/mol. The summed E-state index contributed by atoms with van der Waals surface area (Å²) in [5.41, 5.74) is 0.751. The number of nitrogens with zero attached hydrogens (tertiary/aromatic N) is 1. The first kappa shape index (κ1) is 11.1. The van der Waals surface area contributed by atoms with Gasteiger partial charge in [0.05, 0.1) is 10.2 Å². The van der Waals surface area contributed by atoms with Crippen LogP contribution < -0.4 is 0 Å². The standard InChI is InChI=1S/C10H11NO4S/c1-16(14,15)10-6-9(10)7-3-2-4-8(5-7)11(12)13/h2-5,9-10H,6H2,1H3/t9-,10+/m1/s1. The molecule has 0 N–H and O–H groups in total. The van der Waals surface area contributed by atoms with Crippen LogP contribution in [-0.4, -0.2) is 24.8 Å². The predicted octanol–water partition coefficient (Wildman–Crippen LogP) is 1.50. The summed E-state index contributed by atoms with van der Waals surface area (Å²) in [6, 6.07) is 6.19. The van der Waals surface area contributed by atoms with Crippen LogP contribution in [0.1, 0.15) is 17.9 Å². The van der Waals surface area contributed by atoms with Crippen LogP contribution in [0.5, 0.6) is 0 Å². The molecule has 0 bridgehead atoms. The summed E-state index contributed by atoms with van der Waals surface area (Å²) >= 11 is 0. The molecule has 0 heterocycles. The lowest BCUT2D eigenvalue weighted by atomic mass is 10.1. The molecular weight excluding hydrogens is 230 g/mol. The van der Waals surface area contributed by atoms with E-state index in [1.54, 1.807) is 12.1 Å². The highest BCUT2D eigenvalue weighted by atomic mass is 32.2. The van der Waals surface area contributed by atoms with Gasteiger partial charge in [-0.05, 0) is 12.0 Å². The molecule has 1 aromatic rings.